The van der Waals surface area contributed by atoms with Crippen molar-refractivity contribution in [3.8, 4) is 0 Å². The number of nitrogens with one attached hydrogen (secondary N) is 2. The van der Waals surface area contributed by atoms with Gasteiger partial charge >= 0.3 is 5.69 Å². The monoisotopic (exact) mass is 318 g/mol. The highest BCUT2D eigenvalue weighted by Crippen LogP contribution is 2.03. The summed E-state index contributed by atoms with van der Waals surface area (Å²) in [5.74, 6) is 4.75. The maximum Gasteiger partial charge on any atom is 0.328 e. The lowest BCUT2D eigenvalue weighted by atomic mass is 10.2. The molecule has 0 aliphatic heterocycles. The smallest absolute Gasteiger partial charge is 0.299 e. The molecular weight excluding hydrogens is 304 g/mol. The molecule has 0 aliphatic carbocycles. The predicted octanol–water partition coefficient (Wildman–Crippen LogP) is -0.151. The van der Waals surface area contributed by atoms with E-state index >= 15 is 0 Å². The molecule has 1 aromatic rings. The van der Waals surface area contributed by atoms with Crippen LogP contribution in [-0.2, 0) is 11.3 Å². The first-order valence-electron chi connectivity index (χ1n) is 5.53. The zero-order valence-electron chi connectivity index (χ0n) is 9.74. The Kier molecular flexibility index (Phi) is 5.79. The van der Waals surface area contributed by atoms with Crippen molar-refractivity contribution in [2.75, 3.05) is 0 Å². The average molecular weight is 319 g/mol. The van der Waals surface area contributed by atoms with E-state index in [9.17, 15) is 14.4 Å². The number of H-pyrrole nitrogens is 1. The fraction of sp³-hybridized carbons (Fsp3) is 0.500. The molecule has 18 heavy (non-hydrogen) atoms. The van der Waals surface area contributed by atoms with Crippen LogP contribution in [0, 0.1) is 0 Å². The summed E-state index contributed by atoms with van der Waals surface area (Å²) in [6.45, 7) is 0.498. The maximum atomic E-state index is 11.4. The topological polar surface area (TPSA) is 110 Å². The Labute approximate surface area is 111 Å². The molecule has 0 atom stereocenters. The van der Waals surface area contributed by atoms with Crippen LogP contribution < -0.4 is 22.5 Å². The van der Waals surface area contributed by atoms with Crippen molar-refractivity contribution in [2.45, 2.75) is 32.2 Å². The van der Waals surface area contributed by atoms with E-state index in [1.54, 1.807) is 0 Å². The van der Waals surface area contributed by atoms with Gasteiger partial charge in [0.05, 0.1) is 4.47 Å². The van der Waals surface area contributed by atoms with E-state index in [2.05, 4.69) is 26.3 Å². The summed E-state index contributed by atoms with van der Waals surface area (Å²) in [4.78, 5) is 35.6. The van der Waals surface area contributed by atoms with Crippen molar-refractivity contribution >= 4 is 21.8 Å². The van der Waals surface area contributed by atoms with Gasteiger partial charge in [-0.3, -0.25) is 24.6 Å². The van der Waals surface area contributed by atoms with Gasteiger partial charge in [0, 0.05) is 19.2 Å². The molecule has 0 unspecified atom stereocenters. The molecule has 8 heteroatoms. The summed E-state index contributed by atoms with van der Waals surface area (Å²) in [5, 5.41) is 0. The van der Waals surface area contributed by atoms with Crippen LogP contribution in [0.2, 0.25) is 0 Å². The number of carbonyl (C=O) groups is 1. The van der Waals surface area contributed by atoms with Gasteiger partial charge in [-0.1, -0.05) is 6.42 Å². The fourth-order valence-electron chi connectivity index (χ4n) is 1.47. The molecule has 0 spiro atoms. The van der Waals surface area contributed by atoms with Gasteiger partial charge < -0.3 is 0 Å². The highest BCUT2D eigenvalue weighted by molar-refractivity contribution is 9.10. The normalized spacial score (nSPS) is 10.3. The van der Waals surface area contributed by atoms with Gasteiger partial charge in [-0.25, -0.2) is 10.6 Å². The Morgan fingerprint density at radius 1 is 1.39 bits per heavy atom. The molecule has 1 heterocycles. The van der Waals surface area contributed by atoms with E-state index in [1.165, 1.54) is 10.8 Å². The summed E-state index contributed by atoms with van der Waals surface area (Å²) < 4.78 is 1.75. The van der Waals surface area contributed by atoms with Crippen molar-refractivity contribution in [1.82, 2.24) is 15.0 Å². The quantitative estimate of drug-likeness (QED) is 0.293. The van der Waals surface area contributed by atoms with Crippen LogP contribution in [0.25, 0.3) is 0 Å². The highest BCUT2D eigenvalue weighted by atomic mass is 79.9. The summed E-state index contributed by atoms with van der Waals surface area (Å²) in [7, 11) is 0. The van der Waals surface area contributed by atoms with Gasteiger partial charge in [-0.2, -0.15) is 0 Å². The first-order chi connectivity index (χ1) is 8.54. The second-order valence-electron chi connectivity index (χ2n) is 3.81. The van der Waals surface area contributed by atoms with E-state index < -0.39 is 11.2 Å². The SMILES string of the molecule is NNC(=O)CCCCCn1cc(Br)c(=O)[nH]c1=O. The first-order valence-corrected chi connectivity index (χ1v) is 6.32. The van der Waals surface area contributed by atoms with Crippen molar-refractivity contribution in [2.24, 2.45) is 5.84 Å². The van der Waals surface area contributed by atoms with Crippen LogP contribution in [-0.4, -0.2) is 15.5 Å². The predicted molar refractivity (Wildman–Crippen MR) is 69.8 cm³/mol. The van der Waals surface area contributed by atoms with Gasteiger partial charge in [-0.05, 0) is 28.8 Å². The molecule has 100 valence electrons. The largest absolute Gasteiger partial charge is 0.328 e. The average Bonchev–Trinajstić information content (AvgIpc) is 2.34. The van der Waals surface area contributed by atoms with Crippen molar-refractivity contribution < 1.29 is 4.79 Å². The number of carbonyl (C=O) groups excluding carboxylic acids is 1. The molecule has 1 amide bonds. The van der Waals surface area contributed by atoms with Gasteiger partial charge in [0.15, 0.2) is 0 Å². The second-order valence-corrected chi connectivity index (χ2v) is 4.66. The van der Waals surface area contributed by atoms with Gasteiger partial charge in [-0.15, -0.1) is 0 Å². The summed E-state index contributed by atoms with van der Waals surface area (Å²) >= 11 is 3.06. The number of aryl methyl sites for hydroxylation is 1. The van der Waals surface area contributed by atoms with E-state index in [1.807, 2.05) is 0 Å². The fourth-order valence-corrected chi connectivity index (χ4v) is 1.81. The van der Waals surface area contributed by atoms with Crippen LogP contribution >= 0.6 is 15.9 Å². The molecule has 7 nitrogen and oxygen atoms in total. The van der Waals surface area contributed by atoms with E-state index in [0.29, 0.717) is 23.9 Å². The number of hydrogen-bond donors (Lipinski definition) is 3. The van der Waals surface area contributed by atoms with Crippen LogP contribution in [0.3, 0.4) is 0 Å². The zero-order chi connectivity index (χ0) is 13.5. The number of amides is 1. The number of aromatic nitrogens is 2. The number of halogens is 1. The summed E-state index contributed by atoms with van der Waals surface area (Å²) in [6.07, 6.45) is 4.10. The molecule has 0 fully saturated rings. The Balaban J connectivity index is 2.40. The minimum absolute atomic E-state index is 0.195. The molecule has 0 aromatic carbocycles. The van der Waals surface area contributed by atoms with Gasteiger partial charge in [0.1, 0.15) is 0 Å². The third-order valence-corrected chi connectivity index (χ3v) is 3.00. The van der Waals surface area contributed by atoms with E-state index in [0.717, 1.165) is 12.8 Å². The van der Waals surface area contributed by atoms with Gasteiger partial charge in [0.25, 0.3) is 5.56 Å². The number of nitrogens with zero attached hydrogens (tertiary/aromatic N) is 1. The molecule has 0 saturated carbocycles. The summed E-state index contributed by atoms with van der Waals surface area (Å²) in [6, 6.07) is 0. The number of aromatic amines is 1. The van der Waals surface area contributed by atoms with Crippen molar-refractivity contribution in [1.29, 1.82) is 0 Å². The van der Waals surface area contributed by atoms with Crippen LogP contribution in [0.4, 0.5) is 0 Å². The Bertz CT molecular complexity index is 523. The molecule has 0 radical (unpaired) electrons. The zero-order valence-corrected chi connectivity index (χ0v) is 11.3. The lowest BCUT2D eigenvalue weighted by molar-refractivity contribution is -0.121. The molecule has 4 N–H and O–H groups in total. The van der Waals surface area contributed by atoms with Crippen molar-refractivity contribution in [3.05, 3.63) is 31.5 Å². The first kappa shape index (κ1) is 14.7. The molecule has 0 aliphatic rings. The van der Waals surface area contributed by atoms with Crippen molar-refractivity contribution in [3.63, 3.8) is 0 Å². The minimum atomic E-state index is -0.434. The Hall–Kier alpha value is -1.41. The third kappa shape index (κ3) is 4.46. The summed E-state index contributed by atoms with van der Waals surface area (Å²) in [5.41, 5.74) is 1.19. The second kappa shape index (κ2) is 7.12. The van der Waals surface area contributed by atoms with E-state index in [-0.39, 0.29) is 5.91 Å². The number of hydrazine groups is 1. The van der Waals surface area contributed by atoms with Gasteiger partial charge in [0.2, 0.25) is 5.91 Å². The molecular formula is C10H15BrN4O3. The number of nitrogens with two attached hydrogens (primary N) is 1. The highest BCUT2D eigenvalue weighted by Gasteiger charge is 2.02. The molecule has 0 bridgehead atoms. The minimum Gasteiger partial charge on any atom is -0.299 e. The number of unbranched alkanes of at least 4 members (excludes halogenated alkanes) is 2. The van der Waals surface area contributed by atoms with E-state index in [4.69, 9.17) is 5.84 Å². The molecule has 1 rings (SSSR count). The van der Waals surface area contributed by atoms with Crippen LogP contribution in [0.5, 0.6) is 0 Å². The maximum absolute atomic E-state index is 11.4. The van der Waals surface area contributed by atoms with Crippen LogP contribution in [0.1, 0.15) is 25.7 Å². The number of hydrogen-bond acceptors (Lipinski definition) is 4. The lowest BCUT2D eigenvalue weighted by Crippen LogP contribution is -2.30. The Morgan fingerprint density at radius 2 is 2.11 bits per heavy atom. The molecule has 1 aromatic heterocycles. The number of rotatable bonds is 6. The lowest BCUT2D eigenvalue weighted by Gasteiger charge is -2.05. The molecule has 0 saturated heterocycles. The third-order valence-electron chi connectivity index (χ3n) is 2.43. The van der Waals surface area contributed by atoms with Crippen LogP contribution in [0.15, 0.2) is 20.3 Å². The standard InChI is InChI=1S/C10H15BrN4O3/c11-7-6-15(10(18)13-9(7)17)5-3-1-2-4-8(16)14-12/h6H,1-5,12H2,(H,14,16)(H,13,17,18). The Morgan fingerprint density at radius 3 is 2.78 bits per heavy atom.